The molecule has 0 bridgehead atoms. The number of ether oxygens (including phenoxy) is 1. The van der Waals surface area contributed by atoms with E-state index in [4.69, 9.17) is 4.74 Å². The van der Waals surface area contributed by atoms with Gasteiger partial charge in [0.25, 0.3) is 0 Å². The van der Waals surface area contributed by atoms with E-state index in [1.165, 1.54) is 7.05 Å². The molecule has 0 amide bonds. The summed E-state index contributed by atoms with van der Waals surface area (Å²) in [5.41, 5.74) is 0.980. The second kappa shape index (κ2) is 7.08. The molecule has 2 N–H and O–H groups in total. The third-order valence-electron chi connectivity index (χ3n) is 2.42. The minimum atomic E-state index is -3.15. The number of halogens is 1. The number of rotatable bonds is 7. The molecule has 0 fully saturated rings. The van der Waals surface area contributed by atoms with Crippen LogP contribution in [-0.4, -0.2) is 34.9 Å². The van der Waals surface area contributed by atoms with Crippen molar-refractivity contribution in [2.24, 2.45) is 0 Å². The van der Waals surface area contributed by atoms with E-state index in [1.807, 2.05) is 18.2 Å². The maximum atomic E-state index is 11.2. The summed E-state index contributed by atoms with van der Waals surface area (Å²) >= 11 is 3.39. The molecule has 0 atom stereocenters. The third-order valence-corrected chi connectivity index (χ3v) is 4.27. The van der Waals surface area contributed by atoms with Crippen LogP contribution in [0, 0.1) is 0 Å². The molecule has 0 saturated carbocycles. The summed E-state index contributed by atoms with van der Waals surface area (Å²) in [4.78, 5) is 0. The first-order valence-corrected chi connectivity index (χ1v) is 7.87. The van der Waals surface area contributed by atoms with E-state index >= 15 is 0 Å². The molecule has 0 aromatic heterocycles. The molecule has 7 heteroatoms. The molecule has 0 aliphatic rings. The molecule has 1 aromatic rings. The summed E-state index contributed by atoms with van der Waals surface area (Å²) < 4.78 is 30.9. The van der Waals surface area contributed by atoms with Gasteiger partial charge in [-0.25, -0.2) is 13.1 Å². The van der Waals surface area contributed by atoms with Gasteiger partial charge in [0.1, 0.15) is 5.75 Å². The maximum absolute atomic E-state index is 11.2. The highest BCUT2D eigenvalue weighted by atomic mass is 79.9. The molecule has 1 rings (SSSR count). The first-order valence-electron chi connectivity index (χ1n) is 5.43. The van der Waals surface area contributed by atoms with Gasteiger partial charge in [-0.1, -0.05) is 15.9 Å². The Morgan fingerprint density at radius 2 is 2.11 bits per heavy atom. The van der Waals surface area contributed by atoms with Crippen molar-refractivity contribution in [2.45, 2.75) is 6.54 Å². The van der Waals surface area contributed by atoms with Crippen molar-refractivity contribution < 1.29 is 13.2 Å². The number of hydrogen-bond acceptors (Lipinski definition) is 4. The minimum Gasteiger partial charge on any atom is -0.496 e. The summed E-state index contributed by atoms with van der Waals surface area (Å²) in [5, 5.41) is 3.07. The first-order chi connectivity index (χ1) is 8.48. The second-order valence-corrected chi connectivity index (χ2v) is 6.62. The average molecular weight is 337 g/mol. The highest BCUT2D eigenvalue weighted by molar-refractivity contribution is 9.10. The van der Waals surface area contributed by atoms with Gasteiger partial charge >= 0.3 is 0 Å². The molecule has 18 heavy (non-hydrogen) atoms. The van der Waals surface area contributed by atoms with Crippen molar-refractivity contribution in [1.82, 2.24) is 10.0 Å². The van der Waals surface area contributed by atoms with Crippen LogP contribution in [0.3, 0.4) is 0 Å². The highest BCUT2D eigenvalue weighted by Gasteiger charge is 2.07. The average Bonchev–Trinajstić information content (AvgIpc) is 2.35. The summed E-state index contributed by atoms with van der Waals surface area (Å²) in [6.45, 7) is 0.945. The largest absolute Gasteiger partial charge is 0.496 e. The first kappa shape index (κ1) is 15.4. The van der Waals surface area contributed by atoms with Crippen molar-refractivity contribution >= 4 is 26.0 Å². The Hall–Kier alpha value is -0.630. The van der Waals surface area contributed by atoms with Crippen LogP contribution in [0.4, 0.5) is 0 Å². The monoisotopic (exact) mass is 336 g/mol. The Balaban J connectivity index is 2.51. The zero-order valence-electron chi connectivity index (χ0n) is 10.4. The van der Waals surface area contributed by atoms with Crippen LogP contribution in [0.15, 0.2) is 22.7 Å². The van der Waals surface area contributed by atoms with E-state index < -0.39 is 10.0 Å². The van der Waals surface area contributed by atoms with Crippen LogP contribution in [0.2, 0.25) is 0 Å². The third kappa shape index (κ3) is 4.93. The number of benzene rings is 1. The molecule has 0 aliphatic heterocycles. The topological polar surface area (TPSA) is 67.4 Å². The van der Waals surface area contributed by atoms with Gasteiger partial charge in [-0.3, -0.25) is 0 Å². The van der Waals surface area contributed by atoms with E-state index in [9.17, 15) is 8.42 Å². The van der Waals surface area contributed by atoms with Crippen LogP contribution >= 0.6 is 15.9 Å². The quantitative estimate of drug-likeness (QED) is 0.731. The van der Waals surface area contributed by atoms with Crippen molar-refractivity contribution in [3.63, 3.8) is 0 Å². The van der Waals surface area contributed by atoms with E-state index in [0.29, 0.717) is 13.1 Å². The summed E-state index contributed by atoms with van der Waals surface area (Å²) in [7, 11) is -0.132. The fraction of sp³-hybridized carbons (Fsp3) is 0.455. The van der Waals surface area contributed by atoms with Gasteiger partial charge in [-0.2, -0.15) is 0 Å². The lowest BCUT2D eigenvalue weighted by atomic mass is 10.2. The summed E-state index contributed by atoms with van der Waals surface area (Å²) in [6.07, 6.45) is 0. The summed E-state index contributed by atoms with van der Waals surface area (Å²) in [5.74, 6) is 0.835. The standard InChI is InChI=1S/C11H17BrN2O3S/c1-13-18(15,16)6-5-14-8-9-7-10(12)3-4-11(9)17-2/h3-4,7,13-14H,5-6,8H2,1-2H3. The summed E-state index contributed by atoms with van der Waals surface area (Å²) in [6, 6.07) is 5.71. The number of nitrogens with one attached hydrogen (secondary N) is 2. The maximum Gasteiger partial charge on any atom is 0.212 e. The number of methoxy groups -OCH3 is 1. The zero-order chi connectivity index (χ0) is 13.6. The van der Waals surface area contributed by atoms with E-state index in [1.54, 1.807) is 7.11 Å². The van der Waals surface area contributed by atoms with Gasteiger partial charge in [-0.15, -0.1) is 0 Å². The molecule has 0 unspecified atom stereocenters. The molecular weight excluding hydrogens is 320 g/mol. The fourth-order valence-corrected chi connectivity index (χ4v) is 2.44. The van der Waals surface area contributed by atoms with Crippen LogP contribution in [0.1, 0.15) is 5.56 Å². The van der Waals surface area contributed by atoms with Gasteiger partial charge in [0.2, 0.25) is 10.0 Å². The lowest BCUT2D eigenvalue weighted by Gasteiger charge is -2.10. The van der Waals surface area contributed by atoms with Crippen molar-refractivity contribution in [2.75, 3.05) is 26.5 Å². The van der Waals surface area contributed by atoms with Crippen molar-refractivity contribution in [3.8, 4) is 5.75 Å². The normalized spacial score (nSPS) is 11.5. The lowest BCUT2D eigenvalue weighted by molar-refractivity contribution is 0.408. The van der Waals surface area contributed by atoms with Gasteiger partial charge < -0.3 is 10.1 Å². The molecule has 0 heterocycles. The fourth-order valence-electron chi connectivity index (χ4n) is 1.42. The van der Waals surface area contributed by atoms with E-state index in [-0.39, 0.29) is 5.75 Å². The lowest BCUT2D eigenvalue weighted by Crippen LogP contribution is -2.29. The molecule has 0 spiro atoms. The molecule has 1 aromatic carbocycles. The Bertz CT molecular complexity index is 491. The molecular formula is C11H17BrN2O3S. The van der Waals surface area contributed by atoms with E-state index in [0.717, 1.165) is 15.8 Å². The van der Waals surface area contributed by atoms with Gasteiger partial charge in [0.05, 0.1) is 12.9 Å². The van der Waals surface area contributed by atoms with Gasteiger partial charge in [0, 0.05) is 23.1 Å². The van der Waals surface area contributed by atoms with Gasteiger partial charge in [0.15, 0.2) is 0 Å². The van der Waals surface area contributed by atoms with Crippen molar-refractivity contribution in [1.29, 1.82) is 0 Å². The smallest absolute Gasteiger partial charge is 0.212 e. The SMILES string of the molecule is CNS(=O)(=O)CCNCc1cc(Br)ccc1OC. The Kier molecular flexibility index (Phi) is 6.07. The molecule has 102 valence electrons. The van der Waals surface area contributed by atoms with Crippen molar-refractivity contribution in [3.05, 3.63) is 28.2 Å². The van der Waals surface area contributed by atoms with Crippen LogP contribution in [0.25, 0.3) is 0 Å². The second-order valence-electron chi connectivity index (χ2n) is 3.66. The zero-order valence-corrected chi connectivity index (χ0v) is 12.8. The molecule has 0 saturated heterocycles. The molecule has 5 nitrogen and oxygen atoms in total. The predicted octanol–water partition coefficient (Wildman–Crippen LogP) is 1.10. The minimum absolute atomic E-state index is 0.0554. The Labute approximate surface area is 116 Å². The van der Waals surface area contributed by atoms with Crippen LogP contribution in [-0.2, 0) is 16.6 Å². The van der Waals surface area contributed by atoms with Gasteiger partial charge in [-0.05, 0) is 25.2 Å². The Morgan fingerprint density at radius 1 is 1.39 bits per heavy atom. The Morgan fingerprint density at radius 3 is 2.72 bits per heavy atom. The highest BCUT2D eigenvalue weighted by Crippen LogP contribution is 2.22. The molecule has 0 radical (unpaired) electrons. The molecule has 0 aliphatic carbocycles. The van der Waals surface area contributed by atoms with Crippen LogP contribution in [0.5, 0.6) is 5.75 Å². The number of sulfonamides is 1. The predicted molar refractivity (Wildman–Crippen MR) is 75.2 cm³/mol. The number of hydrogen-bond donors (Lipinski definition) is 2. The van der Waals surface area contributed by atoms with E-state index in [2.05, 4.69) is 26.0 Å². The van der Waals surface area contributed by atoms with Crippen LogP contribution < -0.4 is 14.8 Å².